The van der Waals surface area contributed by atoms with E-state index >= 15 is 0 Å². The standard InChI is InChI=1S/C33H41N5O4/c1-23-6-7-29(41-15-10-36(3)4)19-31(23)33(39)35-24(2)25-16-26(28-20-34-37(5)21-28)18-27(17-25)32-9-8-30(42-32)22-38-11-13-40-14-12-38/h6-9,16-21,24H,10-15,22H2,1-5H3,(H,35,39)/t24-/m1/s1. The summed E-state index contributed by atoms with van der Waals surface area (Å²) in [6.07, 6.45) is 3.84. The first-order valence-electron chi connectivity index (χ1n) is 14.5. The van der Waals surface area contributed by atoms with Gasteiger partial charge in [0, 0.05) is 49.6 Å². The summed E-state index contributed by atoms with van der Waals surface area (Å²) in [6.45, 7) is 9.35. The van der Waals surface area contributed by atoms with Crippen LogP contribution in [0.15, 0.2) is 65.3 Å². The van der Waals surface area contributed by atoms with E-state index in [9.17, 15) is 4.79 Å². The van der Waals surface area contributed by atoms with Crippen LogP contribution in [0, 0.1) is 6.92 Å². The number of hydrogen-bond acceptors (Lipinski definition) is 7. The van der Waals surface area contributed by atoms with E-state index in [4.69, 9.17) is 13.9 Å². The van der Waals surface area contributed by atoms with Crippen molar-refractivity contribution in [1.29, 1.82) is 0 Å². The van der Waals surface area contributed by atoms with Crippen LogP contribution in [0.5, 0.6) is 5.75 Å². The molecule has 0 unspecified atom stereocenters. The number of likely N-dealkylation sites (N-methyl/N-ethyl adjacent to an activating group) is 1. The van der Waals surface area contributed by atoms with Crippen molar-refractivity contribution in [2.24, 2.45) is 7.05 Å². The SMILES string of the molecule is Cc1ccc(OCCN(C)C)cc1C(=O)N[C@H](C)c1cc(-c2cnn(C)c2)cc(-c2ccc(CN3CCOCC3)o2)c1. The molecule has 0 spiro atoms. The second-order valence-electron chi connectivity index (χ2n) is 11.2. The number of carbonyl (C=O) groups excluding carboxylic acids is 1. The van der Waals surface area contributed by atoms with Crippen molar-refractivity contribution >= 4 is 5.91 Å². The molecule has 3 heterocycles. The summed E-state index contributed by atoms with van der Waals surface area (Å²) in [4.78, 5) is 17.9. The lowest BCUT2D eigenvalue weighted by atomic mass is 9.97. The molecule has 0 saturated carbocycles. The van der Waals surface area contributed by atoms with Crippen molar-refractivity contribution in [2.45, 2.75) is 26.4 Å². The fraction of sp³-hybridized carbons (Fsp3) is 0.394. The van der Waals surface area contributed by atoms with Crippen molar-refractivity contribution in [3.8, 4) is 28.2 Å². The number of nitrogens with zero attached hydrogens (tertiary/aromatic N) is 4. The molecule has 0 bridgehead atoms. The molecular weight excluding hydrogens is 530 g/mol. The van der Waals surface area contributed by atoms with Crippen LogP contribution in [0.1, 0.15) is 40.2 Å². The monoisotopic (exact) mass is 571 g/mol. The van der Waals surface area contributed by atoms with Crippen LogP contribution in [-0.2, 0) is 18.3 Å². The number of furan rings is 1. The fourth-order valence-corrected chi connectivity index (χ4v) is 5.02. The number of nitrogens with one attached hydrogen (secondary N) is 1. The summed E-state index contributed by atoms with van der Waals surface area (Å²) in [5.41, 5.74) is 5.43. The minimum Gasteiger partial charge on any atom is -0.492 e. The summed E-state index contributed by atoms with van der Waals surface area (Å²) >= 11 is 0. The lowest BCUT2D eigenvalue weighted by molar-refractivity contribution is 0.0314. The number of benzene rings is 2. The molecule has 1 atom stereocenters. The summed E-state index contributed by atoms with van der Waals surface area (Å²) in [5, 5.41) is 7.57. The minimum absolute atomic E-state index is 0.141. The van der Waals surface area contributed by atoms with Gasteiger partial charge >= 0.3 is 0 Å². The zero-order valence-corrected chi connectivity index (χ0v) is 25.2. The van der Waals surface area contributed by atoms with E-state index in [1.54, 1.807) is 4.68 Å². The van der Waals surface area contributed by atoms with Gasteiger partial charge in [0.1, 0.15) is 23.9 Å². The number of aryl methyl sites for hydroxylation is 2. The highest BCUT2D eigenvalue weighted by atomic mass is 16.5. The Bertz CT molecular complexity index is 1500. The first kappa shape index (κ1) is 29.6. The maximum atomic E-state index is 13.5. The average molecular weight is 572 g/mol. The van der Waals surface area contributed by atoms with Gasteiger partial charge in [-0.25, -0.2) is 0 Å². The van der Waals surface area contributed by atoms with Crippen molar-refractivity contribution in [1.82, 2.24) is 24.9 Å². The summed E-state index contributed by atoms with van der Waals surface area (Å²) in [7, 11) is 5.91. The Balaban J connectivity index is 1.38. The smallest absolute Gasteiger partial charge is 0.252 e. The highest BCUT2D eigenvalue weighted by Crippen LogP contribution is 2.32. The largest absolute Gasteiger partial charge is 0.492 e. The third-order valence-electron chi connectivity index (χ3n) is 7.53. The maximum absolute atomic E-state index is 13.5. The summed E-state index contributed by atoms with van der Waals surface area (Å²) in [5.74, 6) is 2.26. The number of aromatic nitrogens is 2. The second-order valence-corrected chi connectivity index (χ2v) is 11.2. The lowest BCUT2D eigenvalue weighted by Crippen LogP contribution is -2.35. The molecule has 2 aromatic heterocycles. The molecule has 1 fully saturated rings. The Kier molecular flexibility index (Phi) is 9.41. The number of amides is 1. The van der Waals surface area contributed by atoms with Crippen LogP contribution in [0.2, 0.25) is 0 Å². The van der Waals surface area contributed by atoms with E-state index in [-0.39, 0.29) is 11.9 Å². The molecule has 1 aliphatic heterocycles. The van der Waals surface area contributed by atoms with Gasteiger partial charge in [-0.3, -0.25) is 14.4 Å². The topological polar surface area (TPSA) is 85.0 Å². The van der Waals surface area contributed by atoms with E-state index < -0.39 is 0 Å². The number of rotatable bonds is 11. The molecule has 1 N–H and O–H groups in total. The van der Waals surface area contributed by atoms with Gasteiger partial charge in [-0.2, -0.15) is 5.10 Å². The third kappa shape index (κ3) is 7.47. The van der Waals surface area contributed by atoms with Crippen molar-refractivity contribution in [3.63, 3.8) is 0 Å². The molecule has 9 heteroatoms. The molecular formula is C33H41N5O4. The number of carbonyl (C=O) groups is 1. The zero-order valence-electron chi connectivity index (χ0n) is 25.2. The fourth-order valence-electron chi connectivity index (χ4n) is 5.02. The molecule has 1 aliphatic rings. The van der Waals surface area contributed by atoms with Crippen LogP contribution in [0.4, 0.5) is 0 Å². The highest BCUT2D eigenvalue weighted by molar-refractivity contribution is 5.96. The zero-order chi connectivity index (χ0) is 29.6. The van der Waals surface area contributed by atoms with Gasteiger partial charge in [0.15, 0.2) is 0 Å². The minimum atomic E-state index is -0.256. The van der Waals surface area contributed by atoms with Gasteiger partial charge in [0.2, 0.25) is 0 Å². The van der Waals surface area contributed by atoms with Gasteiger partial charge in [0.25, 0.3) is 5.91 Å². The first-order chi connectivity index (χ1) is 20.2. The Hall–Kier alpha value is -3.92. The predicted octanol–water partition coefficient (Wildman–Crippen LogP) is 4.92. The Morgan fingerprint density at radius 3 is 2.60 bits per heavy atom. The quantitative estimate of drug-likeness (QED) is 0.274. The maximum Gasteiger partial charge on any atom is 0.252 e. The van der Waals surface area contributed by atoms with E-state index in [1.165, 1.54) is 0 Å². The van der Waals surface area contributed by atoms with E-state index in [1.807, 2.05) is 77.7 Å². The molecule has 4 aromatic rings. The Morgan fingerprint density at radius 1 is 1.07 bits per heavy atom. The van der Waals surface area contributed by atoms with Crippen molar-refractivity contribution in [2.75, 3.05) is 53.6 Å². The predicted molar refractivity (Wildman–Crippen MR) is 164 cm³/mol. The highest BCUT2D eigenvalue weighted by Gasteiger charge is 2.19. The van der Waals surface area contributed by atoms with Gasteiger partial charge in [0.05, 0.1) is 32.0 Å². The van der Waals surface area contributed by atoms with Crippen LogP contribution < -0.4 is 10.1 Å². The molecule has 0 aliphatic carbocycles. The van der Waals surface area contributed by atoms with Crippen LogP contribution in [0.3, 0.4) is 0 Å². The van der Waals surface area contributed by atoms with Gasteiger partial charge in [-0.1, -0.05) is 6.07 Å². The molecule has 9 nitrogen and oxygen atoms in total. The van der Waals surface area contributed by atoms with Crippen LogP contribution >= 0.6 is 0 Å². The van der Waals surface area contributed by atoms with Crippen molar-refractivity contribution in [3.05, 3.63) is 83.4 Å². The van der Waals surface area contributed by atoms with E-state index in [0.29, 0.717) is 17.9 Å². The van der Waals surface area contributed by atoms with E-state index in [2.05, 4.69) is 38.4 Å². The van der Waals surface area contributed by atoms with Crippen molar-refractivity contribution < 1.29 is 18.7 Å². The second kappa shape index (κ2) is 13.4. The molecule has 0 radical (unpaired) electrons. The van der Waals surface area contributed by atoms with Gasteiger partial charge in [-0.05, 0) is 87.1 Å². The van der Waals surface area contributed by atoms with Crippen LogP contribution in [-0.4, -0.2) is 79.0 Å². The number of morpholine rings is 1. The number of ether oxygens (including phenoxy) is 2. The summed E-state index contributed by atoms with van der Waals surface area (Å²) < 4.78 is 19.5. The lowest BCUT2D eigenvalue weighted by Gasteiger charge is -2.25. The van der Waals surface area contributed by atoms with Gasteiger partial charge in [-0.15, -0.1) is 0 Å². The molecule has 2 aromatic carbocycles. The van der Waals surface area contributed by atoms with Gasteiger partial charge < -0.3 is 24.1 Å². The molecule has 222 valence electrons. The first-order valence-corrected chi connectivity index (χ1v) is 14.5. The Labute approximate surface area is 248 Å². The molecule has 5 rings (SSSR count). The molecule has 1 amide bonds. The van der Waals surface area contributed by atoms with Crippen LogP contribution in [0.25, 0.3) is 22.5 Å². The number of hydrogen-bond donors (Lipinski definition) is 1. The van der Waals surface area contributed by atoms with E-state index in [0.717, 1.165) is 78.7 Å². The Morgan fingerprint density at radius 2 is 1.86 bits per heavy atom. The summed E-state index contributed by atoms with van der Waals surface area (Å²) in [6, 6.07) is 15.8. The molecule has 42 heavy (non-hydrogen) atoms. The molecule has 1 saturated heterocycles. The normalized spacial score (nSPS) is 14.7. The third-order valence-corrected chi connectivity index (χ3v) is 7.53. The average Bonchev–Trinajstić information content (AvgIpc) is 3.63.